The lowest BCUT2D eigenvalue weighted by atomic mass is 10.2. The van der Waals surface area contributed by atoms with Crippen LogP contribution in [0.5, 0.6) is 5.75 Å². The maximum Gasteiger partial charge on any atom is 0.325 e. The number of carbonyl (C=O) groups is 2. The van der Waals surface area contributed by atoms with Gasteiger partial charge in [-0.2, -0.15) is 0 Å². The quantitative estimate of drug-likeness (QED) is 0.887. The summed E-state index contributed by atoms with van der Waals surface area (Å²) in [7, 11) is 1.60. The molecule has 0 bridgehead atoms. The summed E-state index contributed by atoms with van der Waals surface area (Å²) in [5.41, 5.74) is 3.01. The Morgan fingerprint density at radius 1 is 1.22 bits per heavy atom. The van der Waals surface area contributed by atoms with E-state index in [-0.39, 0.29) is 0 Å². The molecule has 0 aliphatic rings. The van der Waals surface area contributed by atoms with Crippen molar-refractivity contribution < 1.29 is 19.4 Å². The molecule has 1 aromatic carbocycles. The third-order valence-electron chi connectivity index (χ3n) is 3.72. The van der Waals surface area contributed by atoms with E-state index in [2.05, 4.69) is 5.32 Å². The van der Waals surface area contributed by atoms with Crippen LogP contribution in [0, 0.1) is 13.8 Å². The second-order valence-corrected chi connectivity index (χ2v) is 5.35. The van der Waals surface area contributed by atoms with E-state index in [0.717, 1.165) is 22.8 Å². The molecule has 0 aliphatic carbocycles. The monoisotopic (exact) mass is 316 g/mol. The van der Waals surface area contributed by atoms with Crippen molar-refractivity contribution in [2.24, 2.45) is 0 Å². The summed E-state index contributed by atoms with van der Waals surface area (Å²) in [6.45, 7) is 5.16. The number of aliphatic carboxylic acids is 1. The van der Waals surface area contributed by atoms with Crippen molar-refractivity contribution in [3.63, 3.8) is 0 Å². The van der Waals surface area contributed by atoms with Gasteiger partial charge in [-0.1, -0.05) is 0 Å². The second-order valence-electron chi connectivity index (χ2n) is 5.35. The van der Waals surface area contributed by atoms with E-state index in [1.165, 1.54) is 6.92 Å². The summed E-state index contributed by atoms with van der Waals surface area (Å²) in [5.74, 6) is -0.709. The van der Waals surface area contributed by atoms with Gasteiger partial charge in [0.1, 0.15) is 11.8 Å². The van der Waals surface area contributed by atoms with Gasteiger partial charge in [0.15, 0.2) is 0 Å². The summed E-state index contributed by atoms with van der Waals surface area (Å²) >= 11 is 0. The third-order valence-corrected chi connectivity index (χ3v) is 3.72. The maximum atomic E-state index is 12.3. The van der Waals surface area contributed by atoms with E-state index in [9.17, 15) is 9.59 Å². The van der Waals surface area contributed by atoms with Gasteiger partial charge in [0.25, 0.3) is 5.91 Å². The third kappa shape index (κ3) is 3.36. The number of aryl methyl sites for hydroxylation is 1. The average Bonchev–Trinajstić information content (AvgIpc) is 2.82. The highest BCUT2D eigenvalue weighted by Gasteiger charge is 2.20. The van der Waals surface area contributed by atoms with Crippen molar-refractivity contribution in [3.8, 4) is 11.4 Å². The molecule has 0 spiro atoms. The van der Waals surface area contributed by atoms with Crippen LogP contribution in [0.2, 0.25) is 0 Å². The van der Waals surface area contributed by atoms with Gasteiger partial charge >= 0.3 is 5.97 Å². The highest BCUT2D eigenvalue weighted by molar-refractivity contribution is 5.98. The van der Waals surface area contributed by atoms with E-state index in [1.54, 1.807) is 13.2 Å². The number of aromatic nitrogens is 1. The number of rotatable bonds is 5. The number of carbonyl (C=O) groups excluding carboxylic acids is 1. The second kappa shape index (κ2) is 6.56. The van der Waals surface area contributed by atoms with Crippen molar-refractivity contribution in [1.82, 2.24) is 9.88 Å². The number of benzene rings is 1. The number of hydrogen-bond acceptors (Lipinski definition) is 3. The van der Waals surface area contributed by atoms with Gasteiger partial charge in [0.2, 0.25) is 0 Å². The average molecular weight is 316 g/mol. The number of carboxylic acid groups (broad SMARTS) is 1. The molecule has 1 heterocycles. The molecule has 23 heavy (non-hydrogen) atoms. The van der Waals surface area contributed by atoms with Crippen LogP contribution in [-0.2, 0) is 4.79 Å². The van der Waals surface area contributed by atoms with E-state index in [0.29, 0.717) is 5.56 Å². The molecule has 1 amide bonds. The lowest BCUT2D eigenvalue weighted by molar-refractivity contribution is -0.138. The Hall–Kier alpha value is -2.76. The maximum absolute atomic E-state index is 12.3. The minimum atomic E-state index is -1.07. The zero-order valence-corrected chi connectivity index (χ0v) is 13.6. The molecular weight excluding hydrogens is 296 g/mol. The van der Waals surface area contributed by atoms with Crippen LogP contribution in [0.4, 0.5) is 0 Å². The lowest BCUT2D eigenvalue weighted by Crippen LogP contribution is -2.38. The zero-order valence-electron chi connectivity index (χ0n) is 13.6. The molecule has 6 heteroatoms. The van der Waals surface area contributed by atoms with Crippen LogP contribution >= 0.6 is 0 Å². The van der Waals surface area contributed by atoms with E-state index in [4.69, 9.17) is 9.84 Å². The minimum Gasteiger partial charge on any atom is -0.497 e. The summed E-state index contributed by atoms with van der Waals surface area (Å²) in [5, 5.41) is 11.4. The van der Waals surface area contributed by atoms with Crippen LogP contribution < -0.4 is 10.1 Å². The number of hydrogen-bond donors (Lipinski definition) is 2. The van der Waals surface area contributed by atoms with Gasteiger partial charge < -0.3 is 19.7 Å². The largest absolute Gasteiger partial charge is 0.497 e. The molecule has 0 fully saturated rings. The van der Waals surface area contributed by atoms with Gasteiger partial charge in [-0.05, 0) is 51.1 Å². The summed E-state index contributed by atoms with van der Waals surface area (Å²) < 4.78 is 7.09. The Bertz CT molecular complexity index is 732. The van der Waals surface area contributed by atoms with E-state index in [1.807, 2.05) is 42.7 Å². The van der Waals surface area contributed by atoms with Crippen molar-refractivity contribution in [1.29, 1.82) is 0 Å². The smallest absolute Gasteiger partial charge is 0.325 e. The molecule has 0 radical (unpaired) electrons. The number of amides is 1. The first-order valence-corrected chi connectivity index (χ1v) is 7.22. The zero-order chi connectivity index (χ0) is 17.1. The predicted octanol–water partition coefficient (Wildman–Crippen LogP) is 2.31. The topological polar surface area (TPSA) is 80.6 Å². The number of nitrogens with zero attached hydrogens (tertiary/aromatic N) is 1. The van der Waals surface area contributed by atoms with Gasteiger partial charge in [0.05, 0.1) is 12.7 Å². The fourth-order valence-corrected chi connectivity index (χ4v) is 2.46. The van der Waals surface area contributed by atoms with Crippen LogP contribution in [0.1, 0.15) is 28.7 Å². The molecular formula is C17H20N2O4. The minimum absolute atomic E-state index is 0.396. The van der Waals surface area contributed by atoms with E-state index < -0.39 is 17.9 Å². The number of carboxylic acids is 1. The Morgan fingerprint density at radius 3 is 2.35 bits per heavy atom. The number of ether oxygens (including phenoxy) is 1. The molecule has 2 rings (SSSR count). The SMILES string of the molecule is COc1ccc(-n2c(C)cc(C(=O)N[C@@H](C)C(=O)O)c2C)cc1. The van der Waals surface area contributed by atoms with Crippen molar-refractivity contribution >= 4 is 11.9 Å². The summed E-state index contributed by atoms with van der Waals surface area (Å²) in [4.78, 5) is 23.1. The summed E-state index contributed by atoms with van der Waals surface area (Å²) in [6, 6.07) is 8.32. The van der Waals surface area contributed by atoms with Crippen molar-refractivity contribution in [2.45, 2.75) is 26.8 Å². The molecule has 122 valence electrons. The first kappa shape index (κ1) is 16.6. The van der Waals surface area contributed by atoms with Crippen LogP contribution in [0.3, 0.4) is 0 Å². The highest BCUT2D eigenvalue weighted by Crippen LogP contribution is 2.22. The molecule has 0 saturated carbocycles. The van der Waals surface area contributed by atoms with Crippen LogP contribution in [-0.4, -0.2) is 34.7 Å². The van der Waals surface area contributed by atoms with Gasteiger partial charge in [-0.25, -0.2) is 0 Å². The Balaban J connectivity index is 2.35. The van der Waals surface area contributed by atoms with Gasteiger partial charge in [-0.15, -0.1) is 0 Å². The number of methoxy groups -OCH3 is 1. The molecule has 1 atom stereocenters. The van der Waals surface area contributed by atoms with E-state index >= 15 is 0 Å². The molecule has 2 aromatic rings. The van der Waals surface area contributed by atoms with Crippen molar-refractivity contribution in [3.05, 3.63) is 47.3 Å². The fourth-order valence-electron chi connectivity index (χ4n) is 2.46. The molecule has 1 aromatic heterocycles. The molecule has 0 unspecified atom stereocenters. The lowest BCUT2D eigenvalue weighted by Gasteiger charge is -2.12. The van der Waals surface area contributed by atoms with Crippen molar-refractivity contribution in [2.75, 3.05) is 7.11 Å². The number of nitrogens with one attached hydrogen (secondary N) is 1. The van der Waals surface area contributed by atoms with Gasteiger partial charge in [0, 0.05) is 17.1 Å². The molecule has 0 aliphatic heterocycles. The predicted molar refractivity (Wildman–Crippen MR) is 86.4 cm³/mol. The first-order valence-electron chi connectivity index (χ1n) is 7.22. The Morgan fingerprint density at radius 2 is 1.83 bits per heavy atom. The summed E-state index contributed by atoms with van der Waals surface area (Å²) in [6.07, 6.45) is 0. The fraction of sp³-hybridized carbons (Fsp3) is 0.294. The first-order chi connectivity index (χ1) is 10.8. The Labute approximate surface area is 134 Å². The Kier molecular flexibility index (Phi) is 4.74. The molecule has 0 saturated heterocycles. The highest BCUT2D eigenvalue weighted by atomic mass is 16.5. The molecule has 6 nitrogen and oxygen atoms in total. The van der Waals surface area contributed by atoms with Crippen LogP contribution in [0.25, 0.3) is 5.69 Å². The standard InChI is InChI=1S/C17H20N2O4/c1-10-9-15(16(20)18-11(2)17(21)22)12(3)19(10)13-5-7-14(23-4)8-6-13/h5-9,11H,1-4H3,(H,18,20)(H,21,22)/t11-/m0/s1. The van der Waals surface area contributed by atoms with Crippen LogP contribution in [0.15, 0.2) is 30.3 Å². The van der Waals surface area contributed by atoms with Gasteiger partial charge in [-0.3, -0.25) is 9.59 Å². The normalized spacial score (nSPS) is 11.8. The molecule has 2 N–H and O–H groups in total.